The van der Waals surface area contributed by atoms with Crippen LogP contribution in [0.1, 0.15) is 16.8 Å². The molecule has 0 radical (unpaired) electrons. The standard InChI is InChI=1S/C16H18N2O3S/c1-22-14(17)9-13(16(20)21)18-15(19)12-8-4-6-10-5-2-3-7-11(10)12/h2-8,13-14H,9,17H2,1H3,(H,18,19)(H,20,21)/t13-,14?/m0/s1. The number of nitrogens with two attached hydrogens (primary N) is 1. The van der Waals surface area contributed by atoms with Crippen molar-refractivity contribution in [2.75, 3.05) is 6.26 Å². The van der Waals surface area contributed by atoms with Crippen LogP contribution in [0.3, 0.4) is 0 Å². The number of carbonyl (C=O) groups excluding carboxylic acids is 1. The minimum Gasteiger partial charge on any atom is -0.480 e. The first-order valence-corrected chi connectivity index (χ1v) is 8.11. The van der Waals surface area contributed by atoms with Crippen LogP contribution in [0.2, 0.25) is 0 Å². The molecule has 0 aliphatic carbocycles. The van der Waals surface area contributed by atoms with Crippen LogP contribution < -0.4 is 11.1 Å². The van der Waals surface area contributed by atoms with Crippen molar-refractivity contribution in [1.82, 2.24) is 5.32 Å². The zero-order valence-electron chi connectivity index (χ0n) is 12.2. The van der Waals surface area contributed by atoms with Gasteiger partial charge in [-0.25, -0.2) is 4.79 Å². The Balaban J connectivity index is 2.24. The molecule has 1 unspecified atom stereocenters. The summed E-state index contributed by atoms with van der Waals surface area (Å²) in [5.74, 6) is -1.49. The Hall–Kier alpha value is -2.05. The first-order valence-electron chi connectivity index (χ1n) is 6.82. The molecule has 4 N–H and O–H groups in total. The number of benzene rings is 2. The van der Waals surface area contributed by atoms with Crippen molar-refractivity contribution in [3.8, 4) is 0 Å². The van der Waals surface area contributed by atoms with E-state index >= 15 is 0 Å². The van der Waals surface area contributed by atoms with Crippen LogP contribution in [0, 0.1) is 0 Å². The van der Waals surface area contributed by atoms with Gasteiger partial charge in [-0.15, -0.1) is 11.8 Å². The molecule has 0 saturated carbocycles. The lowest BCUT2D eigenvalue weighted by atomic mass is 10.0. The average Bonchev–Trinajstić information content (AvgIpc) is 2.53. The number of carboxylic acids is 1. The van der Waals surface area contributed by atoms with E-state index in [0.717, 1.165) is 10.8 Å². The molecule has 6 heteroatoms. The smallest absolute Gasteiger partial charge is 0.326 e. The fourth-order valence-electron chi connectivity index (χ4n) is 2.21. The Morgan fingerprint density at radius 2 is 1.91 bits per heavy atom. The summed E-state index contributed by atoms with van der Waals surface area (Å²) in [4.78, 5) is 23.7. The van der Waals surface area contributed by atoms with Gasteiger partial charge in [0.05, 0.1) is 5.37 Å². The fraction of sp³-hybridized carbons (Fsp3) is 0.250. The maximum absolute atomic E-state index is 12.4. The third-order valence-electron chi connectivity index (χ3n) is 3.41. The minimum atomic E-state index is -1.09. The molecule has 5 nitrogen and oxygen atoms in total. The first-order chi connectivity index (χ1) is 10.5. The summed E-state index contributed by atoms with van der Waals surface area (Å²) in [6.45, 7) is 0. The van der Waals surface area contributed by atoms with E-state index in [1.807, 2.05) is 30.3 Å². The zero-order chi connectivity index (χ0) is 16.1. The van der Waals surface area contributed by atoms with Gasteiger partial charge < -0.3 is 16.2 Å². The molecule has 0 heterocycles. The highest BCUT2D eigenvalue weighted by Gasteiger charge is 2.23. The lowest BCUT2D eigenvalue weighted by Crippen LogP contribution is -2.43. The lowest BCUT2D eigenvalue weighted by molar-refractivity contribution is -0.139. The summed E-state index contributed by atoms with van der Waals surface area (Å²) in [6, 6.07) is 11.8. The van der Waals surface area contributed by atoms with Crippen molar-refractivity contribution in [3.05, 3.63) is 48.0 Å². The van der Waals surface area contributed by atoms with Crippen LogP contribution in [0.4, 0.5) is 0 Å². The van der Waals surface area contributed by atoms with Gasteiger partial charge in [-0.3, -0.25) is 4.79 Å². The summed E-state index contributed by atoms with van der Waals surface area (Å²) in [6.07, 6.45) is 1.98. The van der Waals surface area contributed by atoms with Gasteiger partial charge in [-0.05, 0) is 23.1 Å². The number of aliphatic carboxylic acids is 1. The maximum atomic E-state index is 12.4. The number of carbonyl (C=O) groups is 2. The number of thioether (sulfide) groups is 1. The number of amides is 1. The third kappa shape index (κ3) is 3.78. The third-order valence-corrected chi connectivity index (χ3v) is 4.21. The Kier molecular flexibility index (Phi) is 5.41. The Bertz CT molecular complexity index is 685. The summed E-state index contributed by atoms with van der Waals surface area (Å²) in [5, 5.41) is 13.2. The zero-order valence-corrected chi connectivity index (χ0v) is 13.0. The molecule has 2 aromatic rings. The van der Waals surface area contributed by atoms with E-state index in [2.05, 4.69) is 5.32 Å². The molecule has 0 aliphatic heterocycles. The van der Waals surface area contributed by atoms with E-state index < -0.39 is 17.9 Å². The predicted octanol–water partition coefficient (Wildman–Crippen LogP) is 2.06. The molecule has 2 atom stereocenters. The van der Waals surface area contributed by atoms with Gasteiger partial charge in [0, 0.05) is 12.0 Å². The van der Waals surface area contributed by atoms with Gasteiger partial charge in [0.1, 0.15) is 6.04 Å². The molecule has 2 aromatic carbocycles. The van der Waals surface area contributed by atoms with Crippen molar-refractivity contribution in [1.29, 1.82) is 0 Å². The van der Waals surface area contributed by atoms with Gasteiger partial charge in [-0.1, -0.05) is 36.4 Å². The van der Waals surface area contributed by atoms with Crippen molar-refractivity contribution in [3.63, 3.8) is 0 Å². The van der Waals surface area contributed by atoms with E-state index in [-0.39, 0.29) is 11.8 Å². The molecule has 22 heavy (non-hydrogen) atoms. The van der Waals surface area contributed by atoms with Gasteiger partial charge in [0.25, 0.3) is 5.91 Å². The van der Waals surface area contributed by atoms with Crippen molar-refractivity contribution < 1.29 is 14.7 Å². The minimum absolute atomic E-state index is 0.174. The Labute approximate surface area is 132 Å². The molecular weight excluding hydrogens is 300 g/mol. The molecular formula is C16H18N2O3S. The summed E-state index contributed by atoms with van der Waals surface area (Å²) in [7, 11) is 0. The highest BCUT2D eigenvalue weighted by Crippen LogP contribution is 2.19. The number of rotatable bonds is 6. The van der Waals surface area contributed by atoms with E-state index in [1.54, 1.807) is 18.4 Å². The summed E-state index contributed by atoms with van der Waals surface area (Å²) in [5.41, 5.74) is 6.23. The molecule has 2 rings (SSSR count). The molecule has 0 fully saturated rings. The van der Waals surface area contributed by atoms with E-state index in [0.29, 0.717) is 5.56 Å². The van der Waals surface area contributed by atoms with Crippen LogP contribution in [0.5, 0.6) is 0 Å². The quantitative estimate of drug-likeness (QED) is 0.709. The molecule has 0 aliphatic rings. The monoisotopic (exact) mass is 318 g/mol. The van der Waals surface area contributed by atoms with Crippen molar-refractivity contribution in [2.24, 2.45) is 5.73 Å². The number of hydrogen-bond donors (Lipinski definition) is 3. The van der Waals surface area contributed by atoms with Crippen molar-refractivity contribution in [2.45, 2.75) is 17.8 Å². The molecule has 0 spiro atoms. The van der Waals surface area contributed by atoms with Crippen LogP contribution in [0.15, 0.2) is 42.5 Å². The number of carboxylic acid groups (broad SMARTS) is 1. The highest BCUT2D eigenvalue weighted by molar-refractivity contribution is 7.99. The molecule has 116 valence electrons. The molecule has 1 amide bonds. The normalized spacial score (nSPS) is 13.5. The first kappa shape index (κ1) is 16.3. The van der Waals surface area contributed by atoms with E-state index in [1.165, 1.54) is 11.8 Å². The molecule has 0 aromatic heterocycles. The second-order valence-corrected chi connectivity index (χ2v) is 5.98. The number of fused-ring (bicyclic) bond motifs is 1. The van der Waals surface area contributed by atoms with Gasteiger partial charge in [0.2, 0.25) is 0 Å². The van der Waals surface area contributed by atoms with Gasteiger partial charge >= 0.3 is 5.97 Å². The number of nitrogens with one attached hydrogen (secondary N) is 1. The predicted molar refractivity (Wildman–Crippen MR) is 88.9 cm³/mol. The van der Waals surface area contributed by atoms with Crippen LogP contribution in [-0.2, 0) is 4.79 Å². The van der Waals surface area contributed by atoms with E-state index in [9.17, 15) is 14.7 Å². The second kappa shape index (κ2) is 7.29. The largest absolute Gasteiger partial charge is 0.480 e. The maximum Gasteiger partial charge on any atom is 0.326 e. The molecule has 0 bridgehead atoms. The van der Waals surface area contributed by atoms with Gasteiger partial charge in [0.15, 0.2) is 0 Å². The molecule has 0 saturated heterocycles. The summed E-state index contributed by atoms with van der Waals surface area (Å²) < 4.78 is 0. The topological polar surface area (TPSA) is 92.4 Å². The Morgan fingerprint density at radius 1 is 1.23 bits per heavy atom. The van der Waals surface area contributed by atoms with Crippen LogP contribution in [-0.4, -0.2) is 34.7 Å². The summed E-state index contributed by atoms with van der Waals surface area (Å²) >= 11 is 1.36. The van der Waals surface area contributed by atoms with E-state index in [4.69, 9.17) is 5.73 Å². The van der Waals surface area contributed by atoms with Crippen molar-refractivity contribution >= 4 is 34.4 Å². The van der Waals surface area contributed by atoms with Crippen LogP contribution >= 0.6 is 11.8 Å². The Morgan fingerprint density at radius 3 is 2.59 bits per heavy atom. The SMILES string of the molecule is CSC(N)C[C@H](NC(=O)c1cccc2ccccc12)C(=O)O. The number of hydrogen-bond acceptors (Lipinski definition) is 4. The second-order valence-electron chi connectivity index (χ2n) is 4.90. The lowest BCUT2D eigenvalue weighted by Gasteiger charge is -2.18. The van der Waals surface area contributed by atoms with Crippen LogP contribution in [0.25, 0.3) is 10.8 Å². The highest BCUT2D eigenvalue weighted by atomic mass is 32.2. The fourth-order valence-corrected chi connectivity index (χ4v) is 2.59. The average molecular weight is 318 g/mol. The van der Waals surface area contributed by atoms with Gasteiger partial charge in [-0.2, -0.15) is 0 Å².